The molecule has 0 bridgehead atoms. The van der Waals surface area contributed by atoms with Crippen molar-refractivity contribution in [1.29, 1.82) is 0 Å². The van der Waals surface area contributed by atoms with E-state index in [0.29, 0.717) is 6.04 Å². The summed E-state index contributed by atoms with van der Waals surface area (Å²) in [4.78, 5) is 2.23. The van der Waals surface area contributed by atoms with E-state index in [1.807, 2.05) is 0 Å². The van der Waals surface area contributed by atoms with Crippen molar-refractivity contribution in [1.82, 2.24) is 4.90 Å². The number of rotatable bonds is 2. The summed E-state index contributed by atoms with van der Waals surface area (Å²) in [5.74, 6) is 0. The first-order valence-electron chi connectivity index (χ1n) is 3.88. The number of hydrogen-bond acceptors (Lipinski definition) is 3. The summed E-state index contributed by atoms with van der Waals surface area (Å²) in [6, 6.07) is 0.595. The van der Waals surface area contributed by atoms with Gasteiger partial charge in [0.25, 0.3) is 0 Å². The molecule has 1 rings (SSSR count). The molecule has 60 valence electrons. The van der Waals surface area contributed by atoms with Gasteiger partial charge in [0.2, 0.25) is 0 Å². The van der Waals surface area contributed by atoms with Crippen LogP contribution >= 0.6 is 0 Å². The third kappa shape index (κ3) is 1.48. The SMILES string of the molecule is CCN1CC(N)CC1CO. The molecule has 2 unspecified atom stereocenters. The number of likely N-dealkylation sites (tertiary alicyclic amines) is 1. The van der Waals surface area contributed by atoms with E-state index in [-0.39, 0.29) is 12.6 Å². The Kier molecular flexibility index (Phi) is 2.65. The lowest BCUT2D eigenvalue weighted by Crippen LogP contribution is -2.32. The van der Waals surface area contributed by atoms with Crippen LogP contribution in [-0.4, -0.2) is 41.8 Å². The van der Waals surface area contributed by atoms with E-state index in [9.17, 15) is 0 Å². The van der Waals surface area contributed by atoms with Gasteiger partial charge in [-0.1, -0.05) is 6.92 Å². The fraction of sp³-hybridized carbons (Fsp3) is 1.00. The minimum absolute atomic E-state index is 0.252. The summed E-state index contributed by atoms with van der Waals surface area (Å²) >= 11 is 0. The Morgan fingerprint density at radius 2 is 2.40 bits per heavy atom. The van der Waals surface area contributed by atoms with Crippen molar-refractivity contribution in [2.45, 2.75) is 25.4 Å². The van der Waals surface area contributed by atoms with Crippen LogP contribution in [0.25, 0.3) is 0 Å². The van der Waals surface area contributed by atoms with E-state index in [1.54, 1.807) is 0 Å². The Morgan fingerprint density at radius 3 is 2.80 bits per heavy atom. The number of aliphatic hydroxyl groups is 1. The molecule has 0 spiro atoms. The van der Waals surface area contributed by atoms with Gasteiger partial charge in [-0.3, -0.25) is 4.90 Å². The highest BCUT2D eigenvalue weighted by molar-refractivity contribution is 4.85. The molecule has 3 nitrogen and oxygen atoms in total. The van der Waals surface area contributed by atoms with Crippen LogP contribution in [0.5, 0.6) is 0 Å². The zero-order chi connectivity index (χ0) is 7.56. The van der Waals surface area contributed by atoms with Crippen molar-refractivity contribution in [3.63, 3.8) is 0 Å². The molecule has 2 atom stereocenters. The topological polar surface area (TPSA) is 49.5 Å². The van der Waals surface area contributed by atoms with Crippen molar-refractivity contribution < 1.29 is 5.11 Å². The number of hydrogen-bond donors (Lipinski definition) is 2. The van der Waals surface area contributed by atoms with Gasteiger partial charge in [-0.15, -0.1) is 0 Å². The Morgan fingerprint density at radius 1 is 1.70 bits per heavy atom. The van der Waals surface area contributed by atoms with Crippen LogP contribution in [0.1, 0.15) is 13.3 Å². The van der Waals surface area contributed by atoms with E-state index in [4.69, 9.17) is 10.8 Å². The normalized spacial score (nSPS) is 35.1. The van der Waals surface area contributed by atoms with E-state index in [1.165, 1.54) is 0 Å². The standard InChI is InChI=1S/C7H16N2O/c1-2-9-4-6(8)3-7(9)5-10/h6-7,10H,2-5,8H2,1H3. The van der Waals surface area contributed by atoms with Crippen molar-refractivity contribution in [2.75, 3.05) is 19.7 Å². The molecule has 0 aromatic carbocycles. The van der Waals surface area contributed by atoms with Gasteiger partial charge in [0.15, 0.2) is 0 Å². The summed E-state index contributed by atoms with van der Waals surface area (Å²) in [5.41, 5.74) is 5.71. The maximum atomic E-state index is 8.89. The van der Waals surface area contributed by atoms with Crippen molar-refractivity contribution in [3.05, 3.63) is 0 Å². The first-order valence-corrected chi connectivity index (χ1v) is 3.88. The molecule has 1 aliphatic heterocycles. The van der Waals surface area contributed by atoms with Crippen LogP contribution in [-0.2, 0) is 0 Å². The predicted molar refractivity (Wildman–Crippen MR) is 40.7 cm³/mol. The first-order chi connectivity index (χ1) is 4.77. The molecule has 0 aromatic rings. The lowest BCUT2D eigenvalue weighted by atomic mass is 10.2. The number of likely N-dealkylation sites (N-methyl/N-ethyl adjacent to an activating group) is 1. The van der Waals surface area contributed by atoms with E-state index in [0.717, 1.165) is 19.5 Å². The van der Waals surface area contributed by atoms with E-state index < -0.39 is 0 Å². The molecule has 0 amide bonds. The molecule has 1 heterocycles. The molecule has 0 radical (unpaired) electrons. The Balaban J connectivity index is 2.41. The van der Waals surface area contributed by atoms with Crippen molar-refractivity contribution in [2.24, 2.45) is 5.73 Å². The second-order valence-electron chi connectivity index (χ2n) is 2.92. The lowest BCUT2D eigenvalue weighted by molar-refractivity contribution is 0.164. The molecular formula is C7H16N2O. The summed E-state index contributed by atoms with van der Waals surface area (Å²) in [6.45, 7) is 4.29. The zero-order valence-corrected chi connectivity index (χ0v) is 6.45. The maximum Gasteiger partial charge on any atom is 0.0587 e. The van der Waals surface area contributed by atoms with E-state index in [2.05, 4.69) is 11.8 Å². The van der Waals surface area contributed by atoms with Gasteiger partial charge in [-0.05, 0) is 13.0 Å². The molecule has 0 aliphatic carbocycles. The lowest BCUT2D eigenvalue weighted by Gasteiger charge is -2.19. The smallest absolute Gasteiger partial charge is 0.0587 e. The van der Waals surface area contributed by atoms with Crippen LogP contribution in [0.15, 0.2) is 0 Å². The number of nitrogens with two attached hydrogens (primary N) is 1. The molecule has 0 aromatic heterocycles. The fourth-order valence-corrected chi connectivity index (χ4v) is 1.60. The molecule has 1 saturated heterocycles. The van der Waals surface area contributed by atoms with Crippen LogP contribution in [0, 0.1) is 0 Å². The highest BCUT2D eigenvalue weighted by Crippen LogP contribution is 2.14. The molecule has 3 heteroatoms. The molecule has 3 N–H and O–H groups in total. The van der Waals surface area contributed by atoms with Gasteiger partial charge in [-0.2, -0.15) is 0 Å². The highest BCUT2D eigenvalue weighted by Gasteiger charge is 2.27. The third-order valence-electron chi connectivity index (χ3n) is 2.18. The van der Waals surface area contributed by atoms with Gasteiger partial charge < -0.3 is 10.8 Å². The van der Waals surface area contributed by atoms with Crippen LogP contribution in [0.3, 0.4) is 0 Å². The Labute approximate surface area is 61.8 Å². The molecule has 1 fully saturated rings. The Hall–Kier alpha value is -0.120. The monoisotopic (exact) mass is 144 g/mol. The molecule has 0 saturated carbocycles. The average molecular weight is 144 g/mol. The minimum atomic E-state index is 0.252. The zero-order valence-electron chi connectivity index (χ0n) is 6.45. The van der Waals surface area contributed by atoms with Gasteiger partial charge >= 0.3 is 0 Å². The summed E-state index contributed by atoms with van der Waals surface area (Å²) < 4.78 is 0. The summed E-state index contributed by atoms with van der Waals surface area (Å²) in [5, 5.41) is 8.89. The maximum absolute atomic E-state index is 8.89. The highest BCUT2D eigenvalue weighted by atomic mass is 16.3. The van der Waals surface area contributed by atoms with Crippen LogP contribution in [0.4, 0.5) is 0 Å². The quantitative estimate of drug-likeness (QED) is 0.544. The van der Waals surface area contributed by atoms with Crippen LogP contribution in [0.2, 0.25) is 0 Å². The molecular weight excluding hydrogens is 128 g/mol. The minimum Gasteiger partial charge on any atom is -0.395 e. The molecule has 1 aliphatic rings. The second kappa shape index (κ2) is 3.32. The van der Waals surface area contributed by atoms with Gasteiger partial charge in [-0.25, -0.2) is 0 Å². The van der Waals surface area contributed by atoms with Crippen molar-refractivity contribution in [3.8, 4) is 0 Å². The third-order valence-corrected chi connectivity index (χ3v) is 2.18. The first kappa shape index (κ1) is 7.98. The predicted octanol–water partition coefficient (Wildman–Crippen LogP) is -0.600. The van der Waals surface area contributed by atoms with Crippen LogP contribution < -0.4 is 5.73 Å². The van der Waals surface area contributed by atoms with Gasteiger partial charge in [0, 0.05) is 18.6 Å². The number of aliphatic hydroxyl groups excluding tert-OH is 1. The average Bonchev–Trinajstić information content (AvgIpc) is 2.30. The summed E-state index contributed by atoms with van der Waals surface area (Å²) in [6.07, 6.45) is 0.949. The van der Waals surface area contributed by atoms with Crippen molar-refractivity contribution >= 4 is 0 Å². The van der Waals surface area contributed by atoms with Gasteiger partial charge in [0.05, 0.1) is 6.61 Å². The summed E-state index contributed by atoms with van der Waals surface area (Å²) in [7, 11) is 0. The second-order valence-corrected chi connectivity index (χ2v) is 2.92. The fourth-order valence-electron chi connectivity index (χ4n) is 1.60. The largest absolute Gasteiger partial charge is 0.395 e. The molecule has 10 heavy (non-hydrogen) atoms. The van der Waals surface area contributed by atoms with E-state index >= 15 is 0 Å². The number of nitrogens with zero attached hydrogens (tertiary/aromatic N) is 1. The van der Waals surface area contributed by atoms with Gasteiger partial charge in [0.1, 0.15) is 0 Å². The Bertz CT molecular complexity index is 95.8.